The predicted molar refractivity (Wildman–Crippen MR) is 98.4 cm³/mol. The Balaban J connectivity index is 1.77. The zero-order chi connectivity index (χ0) is 19.4. The van der Waals surface area contributed by atoms with Crippen molar-refractivity contribution in [3.05, 3.63) is 70.0 Å². The smallest absolute Gasteiger partial charge is 0.289 e. The van der Waals surface area contributed by atoms with E-state index in [0.29, 0.717) is 6.54 Å². The van der Waals surface area contributed by atoms with E-state index < -0.39 is 20.6 Å². The van der Waals surface area contributed by atoms with E-state index in [1.807, 2.05) is 0 Å². The van der Waals surface area contributed by atoms with Crippen LogP contribution in [-0.2, 0) is 10.0 Å². The Kier molecular flexibility index (Phi) is 5.83. The molecule has 7 nitrogen and oxygen atoms in total. The molecule has 2 N–H and O–H groups in total. The van der Waals surface area contributed by atoms with Crippen molar-refractivity contribution in [1.82, 2.24) is 10.0 Å². The van der Waals surface area contributed by atoms with E-state index in [-0.39, 0.29) is 29.1 Å². The quantitative estimate of drug-likeness (QED) is 0.580. The average Bonchev–Trinajstić information content (AvgIpc) is 2.67. The lowest BCUT2D eigenvalue weighted by Gasteiger charge is -2.32. The second-order valence-corrected chi connectivity index (χ2v) is 8.22. The summed E-state index contributed by atoms with van der Waals surface area (Å²) in [5.74, 6) is -0.302. The van der Waals surface area contributed by atoms with Gasteiger partial charge < -0.3 is 5.32 Å². The molecule has 2 atom stereocenters. The number of benzene rings is 2. The molecule has 0 aliphatic carbocycles. The molecule has 1 aliphatic heterocycles. The third-order valence-electron chi connectivity index (χ3n) is 4.79. The number of hydrogen-bond acceptors (Lipinski definition) is 5. The minimum atomic E-state index is -4.03. The van der Waals surface area contributed by atoms with Crippen LogP contribution in [-0.4, -0.2) is 33.0 Å². The lowest BCUT2D eigenvalue weighted by molar-refractivity contribution is -0.387. The highest BCUT2D eigenvalue weighted by molar-refractivity contribution is 7.89. The van der Waals surface area contributed by atoms with Gasteiger partial charge in [-0.2, -0.15) is 0 Å². The van der Waals surface area contributed by atoms with E-state index in [1.165, 1.54) is 30.3 Å². The molecule has 3 rings (SSSR count). The molecule has 9 heteroatoms. The first-order valence-corrected chi connectivity index (χ1v) is 10.1. The zero-order valence-electron chi connectivity index (χ0n) is 14.5. The first-order chi connectivity index (χ1) is 12.9. The fourth-order valence-corrected chi connectivity index (χ4v) is 4.68. The molecule has 27 heavy (non-hydrogen) atoms. The summed E-state index contributed by atoms with van der Waals surface area (Å²) in [7, 11) is -4.03. The largest absolute Gasteiger partial charge is 0.316 e. The molecule has 0 aromatic heterocycles. The van der Waals surface area contributed by atoms with Gasteiger partial charge in [-0.15, -0.1) is 0 Å². The van der Waals surface area contributed by atoms with Crippen LogP contribution >= 0.6 is 0 Å². The van der Waals surface area contributed by atoms with E-state index in [1.54, 1.807) is 12.1 Å². The Hall–Kier alpha value is -2.36. The third-order valence-corrected chi connectivity index (χ3v) is 6.26. The fraction of sp³-hybridized carbons (Fsp3) is 0.333. The van der Waals surface area contributed by atoms with Gasteiger partial charge in [0.15, 0.2) is 4.90 Å². The maximum atomic E-state index is 13.2. The van der Waals surface area contributed by atoms with Gasteiger partial charge in [-0.3, -0.25) is 10.1 Å². The van der Waals surface area contributed by atoms with Gasteiger partial charge in [-0.25, -0.2) is 17.5 Å². The Labute approximate surface area is 156 Å². The highest BCUT2D eigenvalue weighted by atomic mass is 32.2. The number of rotatable bonds is 6. The van der Waals surface area contributed by atoms with Gasteiger partial charge in [0, 0.05) is 12.6 Å². The first kappa shape index (κ1) is 19.4. The number of hydrogen-bond donors (Lipinski definition) is 2. The summed E-state index contributed by atoms with van der Waals surface area (Å²) in [6.45, 7) is 1.51. The molecule has 0 unspecified atom stereocenters. The van der Waals surface area contributed by atoms with Crippen LogP contribution in [0.3, 0.4) is 0 Å². The number of nitrogens with one attached hydrogen (secondary N) is 2. The summed E-state index contributed by atoms with van der Waals surface area (Å²) in [5.41, 5.74) is 0.495. The summed E-state index contributed by atoms with van der Waals surface area (Å²) in [6.07, 6.45) is 0.795. The number of sulfonamides is 1. The van der Waals surface area contributed by atoms with Crippen LogP contribution in [0.5, 0.6) is 0 Å². The van der Waals surface area contributed by atoms with Gasteiger partial charge in [0.2, 0.25) is 10.0 Å². The molecular weight excluding hydrogens is 373 g/mol. The minimum Gasteiger partial charge on any atom is -0.316 e. The molecule has 1 aliphatic rings. The molecule has 1 saturated heterocycles. The lowest BCUT2D eigenvalue weighted by Crippen LogP contribution is -2.42. The van der Waals surface area contributed by atoms with Gasteiger partial charge in [0.1, 0.15) is 5.82 Å². The van der Waals surface area contributed by atoms with Crippen molar-refractivity contribution < 1.29 is 17.7 Å². The van der Waals surface area contributed by atoms with Crippen LogP contribution < -0.4 is 10.0 Å². The molecule has 2 aromatic carbocycles. The number of nitro groups is 1. The fourth-order valence-electron chi connectivity index (χ4n) is 3.42. The Bertz CT molecular complexity index is 918. The lowest BCUT2D eigenvalue weighted by atomic mass is 9.81. The molecule has 144 valence electrons. The summed E-state index contributed by atoms with van der Waals surface area (Å²) >= 11 is 0. The second kappa shape index (κ2) is 8.12. The Morgan fingerprint density at radius 1 is 1.19 bits per heavy atom. The van der Waals surface area contributed by atoms with Gasteiger partial charge >= 0.3 is 0 Å². The molecule has 0 radical (unpaired) electrons. The average molecular weight is 393 g/mol. The third kappa shape index (κ3) is 4.49. The zero-order valence-corrected chi connectivity index (χ0v) is 15.3. The highest BCUT2D eigenvalue weighted by Crippen LogP contribution is 2.31. The molecule has 0 bridgehead atoms. The van der Waals surface area contributed by atoms with Crippen molar-refractivity contribution >= 4 is 15.7 Å². The maximum Gasteiger partial charge on any atom is 0.289 e. The minimum absolute atomic E-state index is 0.0539. The van der Waals surface area contributed by atoms with Crippen LogP contribution in [0.15, 0.2) is 53.4 Å². The SMILES string of the molecule is O=[N+]([O-])c1ccccc1S(=O)(=O)NC[C@H]1CNCC[C@H]1c1ccc(F)cc1. The van der Waals surface area contributed by atoms with Crippen molar-refractivity contribution in [3.63, 3.8) is 0 Å². The van der Waals surface area contributed by atoms with Crippen LogP contribution in [0.25, 0.3) is 0 Å². The van der Waals surface area contributed by atoms with Crippen LogP contribution in [0, 0.1) is 21.8 Å². The van der Waals surface area contributed by atoms with Crippen LogP contribution in [0.1, 0.15) is 17.9 Å². The monoisotopic (exact) mass is 393 g/mol. The van der Waals surface area contributed by atoms with E-state index in [2.05, 4.69) is 10.0 Å². The Morgan fingerprint density at radius 2 is 1.89 bits per heavy atom. The summed E-state index contributed by atoms with van der Waals surface area (Å²) in [6, 6.07) is 11.5. The van der Waals surface area contributed by atoms with E-state index in [0.717, 1.165) is 24.6 Å². The second-order valence-electron chi connectivity index (χ2n) is 6.49. The topological polar surface area (TPSA) is 101 Å². The van der Waals surface area contributed by atoms with E-state index in [9.17, 15) is 22.9 Å². The number of nitrogens with zero attached hydrogens (tertiary/aromatic N) is 1. The van der Waals surface area contributed by atoms with Gasteiger partial charge in [-0.1, -0.05) is 24.3 Å². The standard InChI is InChI=1S/C18H20FN3O4S/c19-15-7-5-13(6-8-15)16-9-10-20-11-14(16)12-21-27(25,26)18-4-2-1-3-17(18)22(23)24/h1-8,14,16,20-21H,9-12H2/t14-,16+/m1/s1. The molecule has 0 spiro atoms. The highest BCUT2D eigenvalue weighted by Gasteiger charge is 2.30. The maximum absolute atomic E-state index is 13.2. The predicted octanol–water partition coefficient (Wildman–Crippen LogP) is 2.41. The van der Waals surface area contributed by atoms with Crippen LogP contribution in [0.2, 0.25) is 0 Å². The number of halogens is 1. The van der Waals surface area contributed by atoms with Gasteiger partial charge in [0.25, 0.3) is 5.69 Å². The summed E-state index contributed by atoms with van der Waals surface area (Å²) < 4.78 is 40.9. The summed E-state index contributed by atoms with van der Waals surface area (Å²) in [4.78, 5) is 10.1. The van der Waals surface area contributed by atoms with Crippen molar-refractivity contribution in [2.75, 3.05) is 19.6 Å². The molecule has 2 aromatic rings. The van der Waals surface area contributed by atoms with Crippen LogP contribution in [0.4, 0.5) is 10.1 Å². The van der Waals surface area contributed by atoms with Crippen molar-refractivity contribution in [1.29, 1.82) is 0 Å². The van der Waals surface area contributed by atoms with Crippen molar-refractivity contribution in [3.8, 4) is 0 Å². The summed E-state index contributed by atoms with van der Waals surface area (Å²) in [5, 5.41) is 14.3. The van der Waals surface area contributed by atoms with E-state index >= 15 is 0 Å². The van der Waals surface area contributed by atoms with E-state index in [4.69, 9.17) is 0 Å². The molecule has 1 heterocycles. The van der Waals surface area contributed by atoms with Crippen molar-refractivity contribution in [2.45, 2.75) is 17.2 Å². The van der Waals surface area contributed by atoms with Gasteiger partial charge in [-0.05, 0) is 55.1 Å². The molecule has 0 amide bonds. The molecular formula is C18H20FN3O4S. The normalized spacial score (nSPS) is 20.3. The van der Waals surface area contributed by atoms with Crippen molar-refractivity contribution in [2.24, 2.45) is 5.92 Å². The Morgan fingerprint density at radius 3 is 2.59 bits per heavy atom. The number of nitro benzene ring substituents is 1. The number of piperidine rings is 1. The number of para-hydroxylation sites is 1. The molecule has 0 saturated carbocycles. The first-order valence-electron chi connectivity index (χ1n) is 8.58. The molecule has 1 fully saturated rings. The van der Waals surface area contributed by atoms with Gasteiger partial charge in [0.05, 0.1) is 4.92 Å².